The number of esters is 1. The van der Waals surface area contributed by atoms with Gasteiger partial charge < -0.3 is 4.74 Å². The molecule has 3 heteroatoms. The normalized spacial score (nSPS) is 11.4. The Labute approximate surface area is 142 Å². The van der Waals surface area contributed by atoms with Crippen LogP contribution in [0.25, 0.3) is 0 Å². The van der Waals surface area contributed by atoms with Crippen LogP contribution in [0.2, 0.25) is 0 Å². The fraction of sp³-hybridized carbons (Fsp3) is 0.700. The zero-order valence-electron chi connectivity index (χ0n) is 15.0. The molecule has 0 aromatic rings. The van der Waals surface area contributed by atoms with Crippen molar-refractivity contribution in [2.45, 2.75) is 84.0 Å². The van der Waals surface area contributed by atoms with Crippen LogP contribution in [-0.2, 0) is 14.3 Å². The molecule has 0 bridgehead atoms. The molecule has 0 aliphatic rings. The highest BCUT2D eigenvalue weighted by Crippen LogP contribution is 2.08. The highest BCUT2D eigenvalue weighted by Gasteiger charge is 1.98. The minimum atomic E-state index is -0.111. The third-order valence-corrected chi connectivity index (χ3v) is 3.79. The molecule has 0 fully saturated rings. The molecule has 0 saturated carbocycles. The number of allylic oxidation sites excluding steroid dienone is 4. The zero-order valence-corrected chi connectivity index (χ0v) is 15.0. The molecule has 0 spiro atoms. The van der Waals surface area contributed by atoms with Crippen LogP contribution in [-0.4, -0.2) is 18.9 Å². The molecule has 0 radical (unpaired) electrons. The number of carbonyl (C=O) groups excluding carboxylic acids is 2. The second-order valence-corrected chi connectivity index (χ2v) is 5.95. The van der Waals surface area contributed by atoms with Crippen molar-refractivity contribution < 1.29 is 14.3 Å². The number of rotatable bonds is 15. The third kappa shape index (κ3) is 16.8. The first-order valence-corrected chi connectivity index (χ1v) is 9.13. The van der Waals surface area contributed by atoms with E-state index in [9.17, 15) is 9.59 Å². The van der Waals surface area contributed by atoms with Gasteiger partial charge in [-0.05, 0) is 31.8 Å². The highest BCUT2D eigenvalue weighted by atomic mass is 16.5. The Hall–Kier alpha value is -1.38. The van der Waals surface area contributed by atoms with E-state index in [-0.39, 0.29) is 11.8 Å². The maximum atomic E-state index is 11.6. The monoisotopic (exact) mass is 322 g/mol. The van der Waals surface area contributed by atoms with E-state index >= 15 is 0 Å². The van der Waals surface area contributed by atoms with Crippen LogP contribution in [0.1, 0.15) is 84.0 Å². The van der Waals surface area contributed by atoms with Crippen molar-refractivity contribution >= 4 is 11.8 Å². The summed E-state index contributed by atoms with van der Waals surface area (Å²) in [5.74, 6) is 0.121. The topological polar surface area (TPSA) is 43.4 Å². The molecule has 0 saturated heterocycles. The molecule has 0 aliphatic heterocycles. The number of unbranched alkanes of at least 4 members (excludes halogenated alkanes) is 8. The fourth-order valence-electron chi connectivity index (χ4n) is 2.31. The lowest BCUT2D eigenvalue weighted by Crippen LogP contribution is -1.98. The average Bonchev–Trinajstić information content (AvgIpc) is 2.56. The first-order valence-electron chi connectivity index (χ1n) is 9.13. The van der Waals surface area contributed by atoms with Crippen molar-refractivity contribution in [2.24, 2.45) is 0 Å². The van der Waals surface area contributed by atoms with Gasteiger partial charge in [0.25, 0.3) is 0 Å². The number of ether oxygens (including phenoxy) is 1. The summed E-state index contributed by atoms with van der Waals surface area (Å²) < 4.78 is 4.60. The Morgan fingerprint density at radius 1 is 0.826 bits per heavy atom. The molecule has 0 atom stereocenters. The van der Waals surface area contributed by atoms with E-state index in [1.807, 2.05) is 12.2 Å². The molecule has 0 aromatic heterocycles. The number of ketones is 1. The molecular formula is C20H34O3. The van der Waals surface area contributed by atoms with E-state index in [2.05, 4.69) is 17.7 Å². The number of carbonyl (C=O) groups is 2. The lowest BCUT2D eigenvalue weighted by molar-refractivity contribution is -0.140. The lowest BCUT2D eigenvalue weighted by Gasteiger charge is -1.99. The van der Waals surface area contributed by atoms with Gasteiger partial charge in [0, 0.05) is 12.8 Å². The van der Waals surface area contributed by atoms with E-state index < -0.39 is 0 Å². The summed E-state index contributed by atoms with van der Waals surface area (Å²) in [5.41, 5.74) is 0. The number of hydrogen-bond acceptors (Lipinski definition) is 3. The van der Waals surface area contributed by atoms with Gasteiger partial charge in [0.2, 0.25) is 0 Å². The second kappa shape index (κ2) is 17.0. The quantitative estimate of drug-likeness (QED) is 0.172. The van der Waals surface area contributed by atoms with Crippen LogP contribution in [0.3, 0.4) is 0 Å². The van der Waals surface area contributed by atoms with Crippen LogP contribution >= 0.6 is 0 Å². The van der Waals surface area contributed by atoms with E-state index in [0.717, 1.165) is 44.9 Å². The molecule has 0 heterocycles. The van der Waals surface area contributed by atoms with Crippen molar-refractivity contribution in [3.05, 3.63) is 24.3 Å². The van der Waals surface area contributed by atoms with Gasteiger partial charge in [-0.15, -0.1) is 0 Å². The van der Waals surface area contributed by atoms with Crippen molar-refractivity contribution in [3.63, 3.8) is 0 Å². The van der Waals surface area contributed by atoms with Gasteiger partial charge in [-0.1, -0.05) is 63.7 Å². The Kier molecular flexibility index (Phi) is 16.0. The van der Waals surface area contributed by atoms with Gasteiger partial charge in [-0.25, -0.2) is 0 Å². The predicted octanol–water partition coefficient (Wildman–Crippen LogP) is 5.54. The van der Waals surface area contributed by atoms with E-state index in [1.165, 1.54) is 26.4 Å². The lowest BCUT2D eigenvalue weighted by atomic mass is 10.1. The smallest absolute Gasteiger partial charge is 0.305 e. The van der Waals surface area contributed by atoms with Crippen molar-refractivity contribution in [2.75, 3.05) is 7.11 Å². The number of hydrogen-bond donors (Lipinski definition) is 0. The van der Waals surface area contributed by atoms with Crippen LogP contribution < -0.4 is 0 Å². The minimum Gasteiger partial charge on any atom is -0.469 e. The van der Waals surface area contributed by atoms with Crippen LogP contribution in [0.5, 0.6) is 0 Å². The summed E-state index contributed by atoms with van der Waals surface area (Å²) in [6.45, 7) is 2.18. The summed E-state index contributed by atoms with van der Waals surface area (Å²) in [5, 5.41) is 0. The summed E-state index contributed by atoms with van der Waals surface area (Å²) in [4.78, 5) is 22.5. The fourth-order valence-corrected chi connectivity index (χ4v) is 2.31. The molecule has 23 heavy (non-hydrogen) atoms. The van der Waals surface area contributed by atoms with E-state index in [4.69, 9.17) is 0 Å². The van der Waals surface area contributed by atoms with E-state index in [1.54, 1.807) is 6.08 Å². The SMILES string of the molecule is CCCCCCC(=O)C=CC=CCCCCCCCC(=O)OC. The molecular weight excluding hydrogens is 288 g/mol. The van der Waals surface area contributed by atoms with Crippen molar-refractivity contribution in [3.8, 4) is 0 Å². The van der Waals surface area contributed by atoms with Crippen LogP contribution in [0.4, 0.5) is 0 Å². The van der Waals surface area contributed by atoms with Crippen molar-refractivity contribution in [1.82, 2.24) is 0 Å². The standard InChI is InChI=1S/C20H34O3/c1-3-4-5-13-16-19(21)17-14-11-9-7-6-8-10-12-15-18-20(22)23-2/h9,11,14,17H,3-8,10,12-13,15-16,18H2,1-2H3. The van der Waals surface area contributed by atoms with Gasteiger partial charge in [0.05, 0.1) is 7.11 Å². The highest BCUT2D eigenvalue weighted by molar-refractivity contribution is 5.89. The minimum absolute atomic E-state index is 0.111. The third-order valence-electron chi connectivity index (χ3n) is 3.79. The van der Waals surface area contributed by atoms with Gasteiger partial charge in [-0.3, -0.25) is 9.59 Å². The summed E-state index contributed by atoms with van der Waals surface area (Å²) in [6, 6.07) is 0. The van der Waals surface area contributed by atoms with Crippen LogP contribution in [0, 0.1) is 0 Å². The van der Waals surface area contributed by atoms with Gasteiger partial charge in [-0.2, -0.15) is 0 Å². The Morgan fingerprint density at radius 3 is 2.22 bits per heavy atom. The average molecular weight is 322 g/mol. The molecule has 0 aromatic carbocycles. The Bertz CT molecular complexity index is 356. The Morgan fingerprint density at radius 2 is 1.48 bits per heavy atom. The maximum absolute atomic E-state index is 11.6. The predicted molar refractivity (Wildman–Crippen MR) is 96.4 cm³/mol. The molecule has 3 nitrogen and oxygen atoms in total. The van der Waals surface area contributed by atoms with E-state index in [0.29, 0.717) is 12.8 Å². The van der Waals surface area contributed by atoms with Gasteiger partial charge in [0.1, 0.15) is 0 Å². The Balaban J connectivity index is 3.41. The largest absolute Gasteiger partial charge is 0.469 e. The summed E-state index contributed by atoms with van der Waals surface area (Å²) in [6.07, 6.45) is 20.0. The second-order valence-electron chi connectivity index (χ2n) is 5.95. The first kappa shape index (κ1) is 21.6. The number of methoxy groups -OCH3 is 1. The molecule has 0 rings (SSSR count). The van der Waals surface area contributed by atoms with Gasteiger partial charge in [0.15, 0.2) is 5.78 Å². The van der Waals surface area contributed by atoms with Gasteiger partial charge >= 0.3 is 5.97 Å². The zero-order chi connectivity index (χ0) is 17.2. The van der Waals surface area contributed by atoms with Crippen molar-refractivity contribution in [1.29, 1.82) is 0 Å². The summed E-state index contributed by atoms with van der Waals surface area (Å²) in [7, 11) is 1.43. The first-order chi connectivity index (χ1) is 11.2. The molecule has 0 N–H and O–H groups in total. The molecule has 0 aliphatic carbocycles. The molecule has 0 unspecified atom stereocenters. The molecule has 0 amide bonds. The van der Waals surface area contributed by atoms with Crippen LogP contribution in [0.15, 0.2) is 24.3 Å². The maximum Gasteiger partial charge on any atom is 0.305 e. The summed E-state index contributed by atoms with van der Waals surface area (Å²) >= 11 is 0. The molecule has 132 valence electrons.